The van der Waals surface area contributed by atoms with E-state index in [4.69, 9.17) is 9.47 Å². The lowest BCUT2D eigenvalue weighted by Gasteiger charge is -2.23. The van der Waals surface area contributed by atoms with Crippen molar-refractivity contribution < 1.29 is 19.4 Å². The van der Waals surface area contributed by atoms with Gasteiger partial charge in [-0.3, -0.25) is 9.78 Å². The molecule has 0 amide bonds. The second kappa shape index (κ2) is 14.2. The Kier molecular flexibility index (Phi) is 10.3. The number of ether oxygens (including phenoxy) is 2. The maximum atomic E-state index is 12.4. The van der Waals surface area contributed by atoms with E-state index in [1.54, 1.807) is 25.6 Å². The summed E-state index contributed by atoms with van der Waals surface area (Å²) >= 11 is 1.80. The Hall–Kier alpha value is -4.30. The van der Waals surface area contributed by atoms with E-state index in [-0.39, 0.29) is 5.41 Å². The number of thioether (sulfide) groups is 1. The first kappa shape index (κ1) is 34.0. The van der Waals surface area contributed by atoms with Crippen LogP contribution in [-0.4, -0.2) is 38.0 Å². The van der Waals surface area contributed by atoms with Crippen LogP contribution in [0, 0.1) is 17.8 Å². The number of hydrogen-bond donors (Lipinski definition) is 1. The van der Waals surface area contributed by atoms with Gasteiger partial charge in [-0.15, -0.1) is 11.8 Å². The minimum absolute atomic E-state index is 0.0788. The van der Waals surface area contributed by atoms with E-state index < -0.39 is 11.4 Å². The Balaban J connectivity index is 1.54. The molecule has 1 N–H and O–H groups in total. The maximum absolute atomic E-state index is 12.4. The zero-order valence-corrected chi connectivity index (χ0v) is 29.3. The third-order valence-electron chi connectivity index (χ3n) is 7.95. The molecule has 3 aromatic heterocycles. The van der Waals surface area contributed by atoms with Gasteiger partial charge in [0.2, 0.25) is 5.88 Å². The highest BCUT2D eigenvalue weighted by Gasteiger charge is 2.32. The van der Waals surface area contributed by atoms with Gasteiger partial charge in [0.15, 0.2) is 0 Å². The van der Waals surface area contributed by atoms with E-state index in [9.17, 15) is 9.90 Å². The molecule has 8 heteroatoms. The van der Waals surface area contributed by atoms with E-state index >= 15 is 0 Å². The quantitative estimate of drug-likeness (QED) is 0.127. The molecule has 0 radical (unpaired) electrons. The van der Waals surface area contributed by atoms with Crippen molar-refractivity contribution in [2.75, 3.05) is 12.4 Å². The van der Waals surface area contributed by atoms with Crippen LogP contribution in [0.4, 0.5) is 0 Å². The number of hydrogen-bond acceptors (Lipinski definition) is 6. The van der Waals surface area contributed by atoms with Crippen LogP contribution >= 0.6 is 11.8 Å². The first-order valence-electron chi connectivity index (χ1n) is 16.1. The molecule has 47 heavy (non-hydrogen) atoms. The van der Waals surface area contributed by atoms with Crippen molar-refractivity contribution in [3.63, 3.8) is 0 Å². The molecular formula is C39H45N3O4S. The van der Waals surface area contributed by atoms with Crippen LogP contribution in [0.25, 0.3) is 22.0 Å². The Bertz CT molecular complexity index is 1820. The lowest BCUT2D eigenvalue weighted by atomic mass is 9.88. The van der Waals surface area contributed by atoms with Gasteiger partial charge < -0.3 is 19.1 Å². The third-order valence-corrected chi connectivity index (χ3v) is 9.70. The van der Waals surface area contributed by atoms with E-state index in [0.717, 1.165) is 60.9 Å². The summed E-state index contributed by atoms with van der Waals surface area (Å²) in [7, 11) is 0. The Morgan fingerprint density at radius 2 is 1.64 bits per heavy atom. The molecular weight excluding hydrogens is 607 g/mol. The molecule has 0 aliphatic heterocycles. The first-order chi connectivity index (χ1) is 22.3. The summed E-state index contributed by atoms with van der Waals surface area (Å²) in [5.74, 6) is 1.44. The number of aromatic nitrogens is 3. The summed E-state index contributed by atoms with van der Waals surface area (Å²) < 4.78 is 14.0. The van der Waals surface area contributed by atoms with Crippen LogP contribution in [0.1, 0.15) is 64.1 Å². The van der Waals surface area contributed by atoms with Crippen molar-refractivity contribution >= 4 is 28.6 Å². The standard InChI is InChI=1S/C39H45N3O4S/c1-8-45-35-18-14-29(22-41-35)28-12-10-27(11-13-28)23-42-33-17-16-31(46-24-30-15-9-26(2)21-40-30)19-32(33)36(47-25-38(3,4)5)34(42)20-39(6,7)37(43)44/h9-19,21-22H,8,20,23-25H2,1-7H3,(H,43,44). The fourth-order valence-electron chi connectivity index (χ4n) is 5.26. The van der Waals surface area contributed by atoms with Crippen molar-refractivity contribution in [1.29, 1.82) is 0 Å². The number of aryl methyl sites for hydroxylation is 1. The van der Waals surface area contributed by atoms with Gasteiger partial charge in [-0.25, -0.2) is 4.98 Å². The van der Waals surface area contributed by atoms with E-state index in [1.807, 2.05) is 56.6 Å². The SMILES string of the molecule is CCOc1ccc(-c2ccc(Cn3c(CC(C)(C)C(=O)O)c(SCC(C)(C)C)c4cc(OCc5ccc(C)cn5)ccc43)cc2)cn1. The normalized spacial score (nSPS) is 12.0. The van der Waals surface area contributed by atoms with Gasteiger partial charge in [-0.1, -0.05) is 51.1 Å². The predicted octanol–water partition coefficient (Wildman–Crippen LogP) is 9.22. The molecule has 0 aliphatic carbocycles. The lowest BCUT2D eigenvalue weighted by Crippen LogP contribution is -2.27. The zero-order valence-electron chi connectivity index (χ0n) is 28.5. The highest BCUT2D eigenvalue weighted by Crippen LogP contribution is 2.42. The molecule has 3 heterocycles. The predicted molar refractivity (Wildman–Crippen MR) is 190 cm³/mol. The number of aliphatic carboxylic acids is 1. The zero-order chi connectivity index (χ0) is 33.8. The number of carboxylic acids is 1. The molecule has 0 spiro atoms. The summed E-state index contributed by atoms with van der Waals surface area (Å²) in [6.07, 6.45) is 4.07. The Morgan fingerprint density at radius 3 is 2.26 bits per heavy atom. The van der Waals surface area contributed by atoms with E-state index in [0.29, 0.717) is 32.1 Å². The van der Waals surface area contributed by atoms with E-state index in [2.05, 4.69) is 71.7 Å². The fourth-order valence-corrected chi connectivity index (χ4v) is 6.50. The number of nitrogens with zero attached hydrogens (tertiary/aromatic N) is 3. The molecule has 5 rings (SSSR count). The number of carbonyl (C=O) groups is 1. The average molecular weight is 652 g/mol. The molecule has 246 valence electrons. The lowest BCUT2D eigenvalue weighted by molar-refractivity contribution is -0.146. The minimum Gasteiger partial charge on any atom is -0.487 e. The summed E-state index contributed by atoms with van der Waals surface area (Å²) in [5, 5.41) is 11.2. The van der Waals surface area contributed by atoms with Gasteiger partial charge in [0.05, 0.1) is 17.7 Å². The summed E-state index contributed by atoms with van der Waals surface area (Å²) in [5.41, 5.74) is 6.39. The molecule has 2 aromatic carbocycles. The van der Waals surface area contributed by atoms with Crippen LogP contribution in [-0.2, 0) is 24.4 Å². The number of fused-ring (bicyclic) bond motifs is 1. The van der Waals surface area contributed by atoms with Crippen LogP contribution in [0.3, 0.4) is 0 Å². The molecule has 0 aliphatic rings. The number of rotatable bonds is 13. The Labute approximate surface area is 282 Å². The largest absolute Gasteiger partial charge is 0.487 e. The molecule has 0 unspecified atom stereocenters. The summed E-state index contributed by atoms with van der Waals surface area (Å²) in [6, 6.07) is 22.6. The van der Waals surface area contributed by atoms with Gasteiger partial charge in [-0.2, -0.15) is 0 Å². The molecule has 7 nitrogen and oxygen atoms in total. The van der Waals surface area contributed by atoms with Crippen molar-refractivity contribution in [3.05, 3.63) is 102 Å². The third kappa shape index (κ3) is 8.55. The second-order valence-corrected chi connectivity index (χ2v) is 14.9. The van der Waals surface area contributed by atoms with Gasteiger partial charge >= 0.3 is 5.97 Å². The number of benzene rings is 2. The van der Waals surface area contributed by atoms with Crippen molar-refractivity contribution in [2.45, 2.75) is 72.9 Å². The summed E-state index contributed by atoms with van der Waals surface area (Å²) in [4.78, 5) is 22.4. The monoisotopic (exact) mass is 651 g/mol. The van der Waals surface area contributed by atoms with Crippen LogP contribution in [0.2, 0.25) is 0 Å². The molecule has 0 saturated heterocycles. The van der Waals surface area contributed by atoms with E-state index in [1.165, 1.54) is 0 Å². The number of pyridine rings is 2. The highest BCUT2D eigenvalue weighted by atomic mass is 32.2. The van der Waals surface area contributed by atoms with Gasteiger partial charge in [0, 0.05) is 64.2 Å². The van der Waals surface area contributed by atoms with Gasteiger partial charge in [-0.05, 0) is 80.1 Å². The van der Waals surface area contributed by atoms with Crippen molar-refractivity contribution in [3.8, 4) is 22.8 Å². The van der Waals surface area contributed by atoms with Crippen LogP contribution < -0.4 is 9.47 Å². The summed E-state index contributed by atoms with van der Waals surface area (Å²) in [6.45, 7) is 15.8. The van der Waals surface area contributed by atoms with Crippen molar-refractivity contribution in [1.82, 2.24) is 14.5 Å². The topological polar surface area (TPSA) is 86.5 Å². The second-order valence-electron chi connectivity index (χ2n) is 13.9. The highest BCUT2D eigenvalue weighted by molar-refractivity contribution is 7.99. The fraction of sp³-hybridized carbons (Fsp3) is 0.359. The van der Waals surface area contributed by atoms with Gasteiger partial charge in [0.1, 0.15) is 12.4 Å². The Morgan fingerprint density at radius 1 is 0.894 bits per heavy atom. The molecule has 5 aromatic rings. The molecule has 0 bridgehead atoms. The smallest absolute Gasteiger partial charge is 0.309 e. The molecule has 0 atom stereocenters. The average Bonchev–Trinajstić information content (AvgIpc) is 3.30. The van der Waals surface area contributed by atoms with Gasteiger partial charge in [0.25, 0.3) is 0 Å². The maximum Gasteiger partial charge on any atom is 0.309 e. The molecule has 0 fully saturated rings. The van der Waals surface area contributed by atoms with Crippen LogP contribution in [0.5, 0.6) is 11.6 Å². The molecule has 0 saturated carbocycles. The minimum atomic E-state index is -0.954. The first-order valence-corrected chi connectivity index (χ1v) is 17.1. The van der Waals surface area contributed by atoms with Crippen molar-refractivity contribution in [2.24, 2.45) is 10.8 Å². The van der Waals surface area contributed by atoms with Crippen LogP contribution in [0.15, 0.2) is 84.0 Å². The number of carboxylic acid groups (broad SMARTS) is 1.